The molecule has 0 aromatic heterocycles. The van der Waals surface area contributed by atoms with Crippen LogP contribution in [0.1, 0.15) is 25.3 Å². The third-order valence-electron chi connectivity index (χ3n) is 3.31. The van der Waals surface area contributed by atoms with Gasteiger partial charge >= 0.3 is 0 Å². The fraction of sp³-hybridized carbons (Fsp3) is 0.462. The number of carbonyl (C=O) groups excluding carboxylic acids is 1. The van der Waals surface area contributed by atoms with Crippen molar-refractivity contribution in [3.8, 4) is 0 Å². The van der Waals surface area contributed by atoms with Gasteiger partial charge in [-0.05, 0) is 31.9 Å². The molecule has 1 saturated heterocycles. The topological polar surface area (TPSA) is 84.3 Å². The smallest absolute Gasteiger partial charge is 0.274 e. The fourth-order valence-corrected chi connectivity index (χ4v) is 2.25. The quantitative estimate of drug-likeness (QED) is 0.641. The Balaban J connectivity index is 2.14. The van der Waals surface area contributed by atoms with Gasteiger partial charge in [-0.25, -0.2) is 0 Å². The van der Waals surface area contributed by atoms with Crippen LogP contribution >= 0.6 is 0 Å². The van der Waals surface area contributed by atoms with Crippen LogP contribution in [-0.4, -0.2) is 23.4 Å². The molecule has 6 nitrogen and oxygen atoms in total. The Labute approximate surface area is 111 Å². The Morgan fingerprint density at radius 1 is 1.58 bits per heavy atom. The predicted molar refractivity (Wildman–Crippen MR) is 72.1 cm³/mol. The van der Waals surface area contributed by atoms with Crippen LogP contribution in [0.15, 0.2) is 18.2 Å². The highest BCUT2D eigenvalue weighted by Crippen LogP contribution is 2.24. The molecule has 1 heterocycles. The summed E-state index contributed by atoms with van der Waals surface area (Å²) in [7, 11) is 0. The van der Waals surface area contributed by atoms with Crippen molar-refractivity contribution in [3.05, 3.63) is 33.9 Å². The predicted octanol–water partition coefficient (Wildman–Crippen LogP) is 1.85. The molecule has 1 aliphatic rings. The van der Waals surface area contributed by atoms with Gasteiger partial charge < -0.3 is 10.6 Å². The first-order valence-electron chi connectivity index (χ1n) is 6.43. The first-order chi connectivity index (χ1) is 9.11. The van der Waals surface area contributed by atoms with Gasteiger partial charge in [0.15, 0.2) is 0 Å². The first-order valence-corrected chi connectivity index (χ1v) is 6.43. The first kappa shape index (κ1) is 13.5. The molecule has 1 amide bonds. The van der Waals surface area contributed by atoms with Crippen molar-refractivity contribution >= 4 is 17.3 Å². The van der Waals surface area contributed by atoms with E-state index in [-0.39, 0.29) is 17.6 Å². The minimum Gasteiger partial charge on any atom is -0.324 e. The van der Waals surface area contributed by atoms with Crippen molar-refractivity contribution in [3.63, 3.8) is 0 Å². The Morgan fingerprint density at radius 3 is 2.95 bits per heavy atom. The summed E-state index contributed by atoms with van der Waals surface area (Å²) in [6.45, 7) is 2.70. The van der Waals surface area contributed by atoms with Crippen LogP contribution in [0.2, 0.25) is 0 Å². The number of nitrogens with one attached hydrogen (secondary N) is 2. The van der Waals surface area contributed by atoms with E-state index in [4.69, 9.17) is 0 Å². The number of nitro benzene ring substituents is 1. The molecule has 2 rings (SSSR count). The average molecular weight is 263 g/mol. The maximum Gasteiger partial charge on any atom is 0.274 e. The molecule has 1 fully saturated rings. The molecule has 0 radical (unpaired) electrons. The zero-order chi connectivity index (χ0) is 13.8. The van der Waals surface area contributed by atoms with Gasteiger partial charge in [0, 0.05) is 17.3 Å². The number of rotatable bonds is 4. The minimum atomic E-state index is -0.414. The van der Waals surface area contributed by atoms with E-state index in [1.165, 1.54) is 6.07 Å². The largest absolute Gasteiger partial charge is 0.324 e. The van der Waals surface area contributed by atoms with Gasteiger partial charge in [0.2, 0.25) is 5.91 Å². The zero-order valence-electron chi connectivity index (χ0n) is 10.8. The summed E-state index contributed by atoms with van der Waals surface area (Å²) in [5, 5.41) is 16.8. The number of anilines is 1. The van der Waals surface area contributed by atoms with E-state index in [1.807, 2.05) is 6.92 Å². The maximum absolute atomic E-state index is 11.9. The molecule has 0 unspecified atom stereocenters. The minimum absolute atomic E-state index is 0.0553. The fourth-order valence-electron chi connectivity index (χ4n) is 2.25. The molecule has 2 N–H and O–H groups in total. The van der Waals surface area contributed by atoms with E-state index in [9.17, 15) is 14.9 Å². The van der Waals surface area contributed by atoms with Gasteiger partial charge in [-0.2, -0.15) is 0 Å². The number of aryl methyl sites for hydroxylation is 1. The second-order valence-electron chi connectivity index (χ2n) is 4.59. The lowest BCUT2D eigenvalue weighted by Crippen LogP contribution is -2.35. The second kappa shape index (κ2) is 5.79. The van der Waals surface area contributed by atoms with Crippen LogP contribution in [0.5, 0.6) is 0 Å². The molecule has 1 aliphatic heterocycles. The number of benzene rings is 1. The van der Waals surface area contributed by atoms with Crippen molar-refractivity contribution in [1.82, 2.24) is 5.32 Å². The number of carbonyl (C=O) groups is 1. The van der Waals surface area contributed by atoms with Crippen LogP contribution in [0.25, 0.3) is 0 Å². The Kier molecular flexibility index (Phi) is 4.11. The summed E-state index contributed by atoms with van der Waals surface area (Å²) in [4.78, 5) is 22.4. The SMILES string of the molecule is CCc1ccc(NC(=O)[C@@H]2CCCN2)cc1[N+](=O)[O-]. The summed E-state index contributed by atoms with van der Waals surface area (Å²) >= 11 is 0. The lowest BCUT2D eigenvalue weighted by atomic mass is 10.1. The lowest BCUT2D eigenvalue weighted by Gasteiger charge is -2.11. The standard InChI is InChI=1S/C13H17N3O3/c1-2-9-5-6-10(8-12(9)16(18)19)15-13(17)11-4-3-7-14-11/h5-6,8,11,14H,2-4,7H2,1H3,(H,15,17)/t11-/m0/s1. The van der Waals surface area contributed by atoms with E-state index >= 15 is 0 Å². The van der Waals surface area contributed by atoms with Gasteiger partial charge in [0.1, 0.15) is 0 Å². The highest BCUT2D eigenvalue weighted by atomic mass is 16.6. The third kappa shape index (κ3) is 3.08. The molecule has 6 heteroatoms. The third-order valence-corrected chi connectivity index (χ3v) is 3.31. The van der Waals surface area contributed by atoms with Crippen molar-refractivity contribution in [1.29, 1.82) is 0 Å². The van der Waals surface area contributed by atoms with Gasteiger partial charge in [0.05, 0.1) is 11.0 Å². The van der Waals surface area contributed by atoms with E-state index in [0.717, 1.165) is 19.4 Å². The van der Waals surface area contributed by atoms with E-state index in [2.05, 4.69) is 10.6 Å². The summed E-state index contributed by atoms with van der Waals surface area (Å²) in [6, 6.07) is 4.63. The van der Waals surface area contributed by atoms with Gasteiger partial charge in [-0.1, -0.05) is 13.0 Å². The van der Waals surface area contributed by atoms with Crippen molar-refractivity contribution in [2.24, 2.45) is 0 Å². The molecular weight excluding hydrogens is 246 g/mol. The van der Waals surface area contributed by atoms with Crippen LogP contribution in [0.3, 0.4) is 0 Å². The number of nitrogens with zero attached hydrogens (tertiary/aromatic N) is 1. The molecule has 1 atom stereocenters. The summed E-state index contributed by atoms with van der Waals surface area (Å²) in [5.74, 6) is -0.129. The molecule has 0 saturated carbocycles. The van der Waals surface area contributed by atoms with Gasteiger partial charge in [0.25, 0.3) is 5.69 Å². The van der Waals surface area contributed by atoms with E-state index in [0.29, 0.717) is 17.7 Å². The molecule has 102 valence electrons. The number of nitro groups is 1. The zero-order valence-corrected chi connectivity index (χ0v) is 10.8. The molecule has 0 bridgehead atoms. The second-order valence-corrected chi connectivity index (χ2v) is 4.59. The van der Waals surface area contributed by atoms with Crippen LogP contribution in [-0.2, 0) is 11.2 Å². The normalized spacial score (nSPS) is 18.3. The number of hydrogen-bond acceptors (Lipinski definition) is 4. The van der Waals surface area contributed by atoms with Crippen LogP contribution in [0, 0.1) is 10.1 Å². The highest BCUT2D eigenvalue weighted by Gasteiger charge is 2.22. The highest BCUT2D eigenvalue weighted by molar-refractivity contribution is 5.95. The monoisotopic (exact) mass is 263 g/mol. The summed E-state index contributed by atoms with van der Waals surface area (Å²) in [5.41, 5.74) is 1.20. The molecular formula is C13H17N3O3. The Bertz CT molecular complexity index is 496. The number of amides is 1. The molecule has 0 spiro atoms. The number of hydrogen-bond donors (Lipinski definition) is 2. The van der Waals surface area contributed by atoms with Gasteiger partial charge in [-0.15, -0.1) is 0 Å². The van der Waals surface area contributed by atoms with E-state index < -0.39 is 4.92 Å². The lowest BCUT2D eigenvalue weighted by molar-refractivity contribution is -0.385. The maximum atomic E-state index is 11.9. The molecule has 19 heavy (non-hydrogen) atoms. The Morgan fingerprint density at radius 2 is 2.37 bits per heavy atom. The average Bonchev–Trinajstić information content (AvgIpc) is 2.92. The summed E-state index contributed by atoms with van der Waals surface area (Å²) < 4.78 is 0. The molecule has 1 aromatic carbocycles. The van der Waals surface area contributed by atoms with Crippen molar-refractivity contribution in [2.45, 2.75) is 32.2 Å². The Hall–Kier alpha value is -1.95. The molecule has 1 aromatic rings. The van der Waals surface area contributed by atoms with Crippen LogP contribution < -0.4 is 10.6 Å². The van der Waals surface area contributed by atoms with E-state index in [1.54, 1.807) is 12.1 Å². The molecule has 0 aliphatic carbocycles. The van der Waals surface area contributed by atoms with Gasteiger partial charge in [-0.3, -0.25) is 14.9 Å². The van der Waals surface area contributed by atoms with Crippen molar-refractivity contribution in [2.75, 3.05) is 11.9 Å². The van der Waals surface area contributed by atoms with Crippen molar-refractivity contribution < 1.29 is 9.72 Å². The summed E-state index contributed by atoms with van der Waals surface area (Å²) in [6.07, 6.45) is 2.38. The van der Waals surface area contributed by atoms with Crippen LogP contribution in [0.4, 0.5) is 11.4 Å².